The van der Waals surface area contributed by atoms with Crippen LogP contribution >= 0.6 is 0 Å². The molecule has 4 heteroatoms. The van der Waals surface area contributed by atoms with Gasteiger partial charge in [0.1, 0.15) is 0 Å². The van der Waals surface area contributed by atoms with Crippen molar-refractivity contribution in [2.75, 3.05) is 22.9 Å². The minimum atomic E-state index is 0.680. The van der Waals surface area contributed by atoms with Gasteiger partial charge in [0, 0.05) is 29.2 Å². The first-order valence-electron chi connectivity index (χ1n) is 6.18. The summed E-state index contributed by atoms with van der Waals surface area (Å²) in [5, 5.41) is 0. The highest BCUT2D eigenvalue weighted by molar-refractivity contribution is 5.69. The lowest BCUT2D eigenvalue weighted by Gasteiger charge is -2.14. The monoisotopic (exact) mass is 256 g/mol. The highest BCUT2D eigenvalue weighted by Gasteiger charge is 2.10. The fourth-order valence-corrected chi connectivity index (χ4v) is 2.12. The van der Waals surface area contributed by atoms with Crippen LogP contribution in [-0.4, -0.2) is 0 Å². The van der Waals surface area contributed by atoms with Gasteiger partial charge in [0.15, 0.2) is 0 Å². The number of benzene rings is 2. The van der Waals surface area contributed by atoms with Crippen LogP contribution in [0.2, 0.25) is 0 Å². The molecule has 0 radical (unpaired) electrons. The quantitative estimate of drug-likeness (QED) is 0.618. The van der Waals surface area contributed by atoms with Crippen LogP contribution in [0.4, 0.5) is 22.7 Å². The summed E-state index contributed by atoms with van der Waals surface area (Å²) in [5.41, 5.74) is 30.7. The molecule has 0 heterocycles. The maximum Gasteiger partial charge on any atom is 0.0400 e. The van der Waals surface area contributed by atoms with Gasteiger partial charge in [0.05, 0.1) is 0 Å². The fourth-order valence-electron chi connectivity index (χ4n) is 2.12. The lowest BCUT2D eigenvalue weighted by atomic mass is 9.97. The predicted octanol–water partition coefficient (Wildman–Crippen LogP) is 2.22. The number of nitrogen functional groups attached to an aromatic ring is 4. The number of hydrogen-bond acceptors (Lipinski definition) is 4. The summed E-state index contributed by atoms with van der Waals surface area (Å²) < 4.78 is 0. The molecule has 0 fully saturated rings. The maximum absolute atomic E-state index is 6.10. The summed E-state index contributed by atoms with van der Waals surface area (Å²) in [5.74, 6) is 0. The van der Waals surface area contributed by atoms with Crippen LogP contribution in [0.1, 0.15) is 22.3 Å². The molecule has 0 aliphatic heterocycles. The summed E-state index contributed by atoms with van der Waals surface area (Å²) in [7, 11) is 0. The molecule has 2 rings (SSSR count). The molecule has 8 N–H and O–H groups in total. The molecule has 0 aliphatic carbocycles. The molecule has 2 aromatic carbocycles. The molecule has 0 aliphatic rings. The van der Waals surface area contributed by atoms with Crippen molar-refractivity contribution in [2.45, 2.75) is 20.3 Å². The summed E-state index contributed by atoms with van der Waals surface area (Å²) in [6, 6.07) is 7.65. The highest BCUT2D eigenvalue weighted by Crippen LogP contribution is 2.29. The Bertz CT molecular complexity index is 577. The van der Waals surface area contributed by atoms with E-state index in [1.165, 1.54) is 0 Å². The van der Waals surface area contributed by atoms with Gasteiger partial charge in [-0.1, -0.05) is 12.1 Å². The molecule has 100 valence electrons. The van der Waals surface area contributed by atoms with E-state index in [1.807, 2.05) is 38.1 Å². The zero-order chi connectivity index (χ0) is 14.2. The van der Waals surface area contributed by atoms with Crippen LogP contribution in [0.5, 0.6) is 0 Å². The van der Waals surface area contributed by atoms with Crippen LogP contribution in [0.3, 0.4) is 0 Å². The normalized spacial score (nSPS) is 10.6. The average Bonchev–Trinajstić information content (AvgIpc) is 2.39. The molecule has 0 saturated carbocycles. The van der Waals surface area contributed by atoms with Gasteiger partial charge in [-0.3, -0.25) is 0 Å². The van der Waals surface area contributed by atoms with Crippen molar-refractivity contribution in [3.63, 3.8) is 0 Å². The van der Waals surface area contributed by atoms with Crippen molar-refractivity contribution >= 4 is 22.7 Å². The van der Waals surface area contributed by atoms with Gasteiger partial charge in [0.2, 0.25) is 0 Å². The third-order valence-electron chi connectivity index (χ3n) is 3.67. The van der Waals surface area contributed by atoms with Crippen LogP contribution in [0.25, 0.3) is 0 Å². The van der Waals surface area contributed by atoms with E-state index in [0.717, 1.165) is 33.6 Å². The number of hydrogen-bond donors (Lipinski definition) is 4. The van der Waals surface area contributed by atoms with Crippen LogP contribution in [0, 0.1) is 13.8 Å². The summed E-state index contributed by atoms with van der Waals surface area (Å²) in [6.45, 7) is 3.84. The Kier molecular flexibility index (Phi) is 3.25. The number of rotatable bonds is 2. The Morgan fingerprint density at radius 1 is 0.684 bits per heavy atom. The molecule has 0 bridgehead atoms. The molecule has 0 saturated heterocycles. The molecule has 19 heavy (non-hydrogen) atoms. The largest absolute Gasteiger partial charge is 0.398 e. The standard InChI is InChI=1S/C15H20N4/c1-8-12(16)5-3-10(14(8)18)7-11-4-6-13(17)9(2)15(11)19/h3-6H,7,16-19H2,1-2H3. The second-order valence-corrected chi connectivity index (χ2v) is 4.88. The van der Waals surface area contributed by atoms with E-state index in [2.05, 4.69) is 0 Å². The van der Waals surface area contributed by atoms with E-state index < -0.39 is 0 Å². The van der Waals surface area contributed by atoms with Gasteiger partial charge in [-0.05, 0) is 48.2 Å². The Labute approximate surface area is 113 Å². The van der Waals surface area contributed by atoms with Crippen LogP contribution in [-0.2, 0) is 6.42 Å². The van der Waals surface area contributed by atoms with Crippen molar-refractivity contribution in [1.29, 1.82) is 0 Å². The predicted molar refractivity (Wildman–Crippen MR) is 82.8 cm³/mol. The Morgan fingerprint density at radius 2 is 1.05 bits per heavy atom. The van der Waals surface area contributed by atoms with E-state index >= 15 is 0 Å². The molecule has 0 amide bonds. The van der Waals surface area contributed by atoms with Crippen molar-refractivity contribution in [1.82, 2.24) is 0 Å². The van der Waals surface area contributed by atoms with Gasteiger partial charge < -0.3 is 22.9 Å². The molecule has 0 atom stereocenters. The first kappa shape index (κ1) is 13.1. The molecule has 0 aromatic heterocycles. The van der Waals surface area contributed by atoms with E-state index in [4.69, 9.17) is 22.9 Å². The van der Waals surface area contributed by atoms with E-state index in [9.17, 15) is 0 Å². The molecular weight excluding hydrogens is 236 g/mol. The molecule has 0 unspecified atom stereocenters. The van der Waals surface area contributed by atoms with Crippen molar-refractivity contribution in [2.24, 2.45) is 0 Å². The van der Waals surface area contributed by atoms with Gasteiger partial charge in [-0.25, -0.2) is 0 Å². The Hall–Kier alpha value is -2.36. The van der Waals surface area contributed by atoms with Crippen LogP contribution < -0.4 is 22.9 Å². The lowest BCUT2D eigenvalue weighted by Crippen LogP contribution is -2.05. The topological polar surface area (TPSA) is 104 Å². The first-order chi connectivity index (χ1) is 8.91. The molecule has 2 aromatic rings. The second kappa shape index (κ2) is 4.72. The fraction of sp³-hybridized carbons (Fsp3) is 0.200. The Balaban J connectivity index is 2.43. The number of anilines is 4. The smallest absolute Gasteiger partial charge is 0.0400 e. The Morgan fingerprint density at radius 3 is 1.42 bits per heavy atom. The first-order valence-corrected chi connectivity index (χ1v) is 6.18. The minimum absolute atomic E-state index is 0.680. The summed E-state index contributed by atoms with van der Waals surface area (Å²) in [6.07, 6.45) is 0.680. The van der Waals surface area contributed by atoms with Crippen molar-refractivity contribution in [3.8, 4) is 0 Å². The minimum Gasteiger partial charge on any atom is -0.398 e. The van der Waals surface area contributed by atoms with Crippen molar-refractivity contribution in [3.05, 3.63) is 46.5 Å². The van der Waals surface area contributed by atoms with Gasteiger partial charge in [0.25, 0.3) is 0 Å². The SMILES string of the molecule is Cc1c(N)ccc(Cc2ccc(N)c(C)c2N)c1N. The number of nitrogens with two attached hydrogens (primary N) is 4. The van der Waals surface area contributed by atoms with E-state index in [1.54, 1.807) is 0 Å². The zero-order valence-electron chi connectivity index (χ0n) is 11.3. The average molecular weight is 256 g/mol. The second-order valence-electron chi connectivity index (χ2n) is 4.88. The molecule has 4 nitrogen and oxygen atoms in total. The third kappa shape index (κ3) is 2.29. The highest BCUT2D eigenvalue weighted by atomic mass is 14.6. The van der Waals surface area contributed by atoms with Gasteiger partial charge in [-0.15, -0.1) is 0 Å². The maximum atomic E-state index is 6.10. The summed E-state index contributed by atoms with van der Waals surface area (Å²) >= 11 is 0. The summed E-state index contributed by atoms with van der Waals surface area (Å²) in [4.78, 5) is 0. The van der Waals surface area contributed by atoms with E-state index in [0.29, 0.717) is 17.8 Å². The van der Waals surface area contributed by atoms with Crippen molar-refractivity contribution < 1.29 is 0 Å². The zero-order valence-corrected chi connectivity index (χ0v) is 11.3. The third-order valence-corrected chi connectivity index (χ3v) is 3.67. The van der Waals surface area contributed by atoms with Gasteiger partial charge in [-0.2, -0.15) is 0 Å². The van der Waals surface area contributed by atoms with Crippen LogP contribution in [0.15, 0.2) is 24.3 Å². The molecule has 0 spiro atoms. The van der Waals surface area contributed by atoms with E-state index in [-0.39, 0.29) is 0 Å². The molecular formula is C15H20N4. The lowest BCUT2D eigenvalue weighted by molar-refractivity contribution is 1.18. The van der Waals surface area contributed by atoms with Gasteiger partial charge >= 0.3 is 0 Å².